The highest BCUT2D eigenvalue weighted by Crippen LogP contribution is 2.32. The first-order valence-electron chi connectivity index (χ1n) is 8.99. The first kappa shape index (κ1) is 18.4. The molecule has 146 valence electrons. The minimum atomic E-state index is -0.479. The number of hydrogen-bond donors (Lipinski definition) is 1. The molecule has 0 saturated heterocycles. The molecule has 1 aromatic heterocycles. The van der Waals surface area contributed by atoms with Crippen molar-refractivity contribution in [3.63, 3.8) is 0 Å². The fourth-order valence-corrected chi connectivity index (χ4v) is 3.43. The number of nitro groups is 1. The summed E-state index contributed by atoms with van der Waals surface area (Å²) in [5, 5.41) is 13.7. The van der Waals surface area contributed by atoms with Crippen LogP contribution in [0.3, 0.4) is 0 Å². The van der Waals surface area contributed by atoms with Crippen molar-refractivity contribution in [1.82, 2.24) is 0 Å². The predicted octanol–water partition coefficient (Wildman–Crippen LogP) is 3.95. The summed E-state index contributed by atoms with van der Waals surface area (Å²) in [4.78, 5) is 37.2. The number of nitrogens with zero attached hydrogens (tertiary/aromatic N) is 2. The van der Waals surface area contributed by atoms with Gasteiger partial charge in [-0.2, -0.15) is 0 Å². The van der Waals surface area contributed by atoms with Crippen molar-refractivity contribution in [2.24, 2.45) is 0 Å². The van der Waals surface area contributed by atoms with E-state index in [0.29, 0.717) is 29.8 Å². The van der Waals surface area contributed by atoms with Crippen LogP contribution < -0.4 is 10.2 Å². The van der Waals surface area contributed by atoms with Gasteiger partial charge in [0.25, 0.3) is 17.5 Å². The molecule has 29 heavy (non-hydrogen) atoms. The second-order valence-corrected chi connectivity index (χ2v) is 6.74. The summed E-state index contributed by atoms with van der Waals surface area (Å²) in [6.45, 7) is 2.13. The van der Waals surface area contributed by atoms with Gasteiger partial charge in [-0.15, -0.1) is 0 Å². The summed E-state index contributed by atoms with van der Waals surface area (Å²) < 4.78 is 5.19. The molecule has 2 heterocycles. The zero-order valence-corrected chi connectivity index (χ0v) is 15.5. The van der Waals surface area contributed by atoms with Crippen molar-refractivity contribution in [1.29, 1.82) is 0 Å². The zero-order chi connectivity index (χ0) is 20.5. The maximum atomic E-state index is 12.5. The lowest BCUT2D eigenvalue weighted by atomic mass is 10.1. The average molecular weight is 391 g/mol. The highest BCUT2D eigenvalue weighted by Gasteiger charge is 2.27. The Labute approximate surface area is 165 Å². The number of hydrogen-bond acceptors (Lipinski definition) is 5. The lowest BCUT2D eigenvalue weighted by molar-refractivity contribution is -0.385. The molecule has 0 saturated carbocycles. The molecule has 0 aliphatic carbocycles. The molecule has 0 radical (unpaired) electrons. The number of amides is 2. The zero-order valence-electron chi connectivity index (χ0n) is 15.5. The van der Waals surface area contributed by atoms with Gasteiger partial charge in [0.15, 0.2) is 5.76 Å². The first-order chi connectivity index (χ1) is 13.9. The Morgan fingerprint density at radius 1 is 1.17 bits per heavy atom. The normalized spacial score (nSPS) is 12.5. The van der Waals surface area contributed by atoms with Crippen LogP contribution in [0, 0.1) is 17.0 Å². The Kier molecular flexibility index (Phi) is 4.59. The van der Waals surface area contributed by atoms with Crippen LogP contribution in [0.15, 0.2) is 59.2 Å². The van der Waals surface area contributed by atoms with E-state index < -0.39 is 4.92 Å². The minimum Gasteiger partial charge on any atom is -0.459 e. The number of carbonyl (C=O) groups excluding carboxylic acids is 2. The van der Waals surface area contributed by atoms with Gasteiger partial charge in [-0.3, -0.25) is 19.7 Å². The monoisotopic (exact) mass is 391 g/mol. The van der Waals surface area contributed by atoms with Crippen molar-refractivity contribution in [2.45, 2.75) is 13.3 Å². The van der Waals surface area contributed by atoms with E-state index in [-0.39, 0.29) is 23.3 Å². The average Bonchev–Trinajstić information content (AvgIpc) is 3.37. The number of anilines is 2. The highest BCUT2D eigenvalue weighted by molar-refractivity contribution is 6.07. The molecule has 2 amide bonds. The summed E-state index contributed by atoms with van der Waals surface area (Å²) in [6.07, 6.45) is 2.13. The lowest BCUT2D eigenvalue weighted by Crippen LogP contribution is -2.28. The van der Waals surface area contributed by atoms with Crippen molar-refractivity contribution < 1.29 is 18.9 Å². The summed E-state index contributed by atoms with van der Waals surface area (Å²) in [5.41, 5.74) is 3.06. The van der Waals surface area contributed by atoms with E-state index in [1.54, 1.807) is 36.1 Å². The maximum Gasteiger partial charge on any atom is 0.293 e. The summed E-state index contributed by atoms with van der Waals surface area (Å²) >= 11 is 0. The second-order valence-electron chi connectivity index (χ2n) is 6.74. The van der Waals surface area contributed by atoms with E-state index >= 15 is 0 Å². The molecule has 1 aliphatic rings. The molecule has 8 nitrogen and oxygen atoms in total. The Hall–Kier alpha value is -3.94. The fourth-order valence-electron chi connectivity index (χ4n) is 3.43. The molecule has 3 aromatic rings. The minimum absolute atomic E-state index is 0.0274. The Bertz CT molecular complexity index is 1120. The molecular weight excluding hydrogens is 374 g/mol. The molecule has 1 N–H and O–H groups in total. The molecule has 8 heteroatoms. The number of aryl methyl sites for hydroxylation is 1. The van der Waals surface area contributed by atoms with E-state index in [2.05, 4.69) is 5.32 Å². The van der Waals surface area contributed by atoms with E-state index in [1.165, 1.54) is 24.5 Å². The van der Waals surface area contributed by atoms with Gasteiger partial charge >= 0.3 is 0 Å². The van der Waals surface area contributed by atoms with Crippen LogP contribution in [-0.2, 0) is 6.42 Å². The summed E-state index contributed by atoms with van der Waals surface area (Å²) in [5.74, 6) is -0.278. The van der Waals surface area contributed by atoms with Crippen molar-refractivity contribution in [3.8, 4) is 0 Å². The maximum absolute atomic E-state index is 12.5. The van der Waals surface area contributed by atoms with Crippen LogP contribution in [0.4, 0.5) is 17.1 Å². The highest BCUT2D eigenvalue weighted by atomic mass is 16.6. The Morgan fingerprint density at radius 2 is 2.00 bits per heavy atom. The first-order valence-corrected chi connectivity index (χ1v) is 8.99. The fraction of sp³-hybridized carbons (Fsp3) is 0.143. The molecule has 0 atom stereocenters. The second kappa shape index (κ2) is 7.23. The van der Waals surface area contributed by atoms with Crippen molar-refractivity contribution in [3.05, 3.63) is 87.4 Å². The van der Waals surface area contributed by atoms with Crippen molar-refractivity contribution >= 4 is 28.9 Å². The van der Waals surface area contributed by atoms with Crippen LogP contribution >= 0.6 is 0 Å². The number of nitro benzene ring substituents is 1. The van der Waals surface area contributed by atoms with Crippen LogP contribution in [0.2, 0.25) is 0 Å². The number of furan rings is 1. The summed E-state index contributed by atoms with van der Waals surface area (Å²) in [6, 6.07) is 12.9. The van der Waals surface area contributed by atoms with Gasteiger partial charge in [0.1, 0.15) is 0 Å². The number of benzene rings is 2. The third-order valence-corrected chi connectivity index (χ3v) is 4.87. The SMILES string of the molecule is Cc1cc(C(=O)Nc2ccc3c(c2)CCN3C(=O)c2ccco2)ccc1[N+](=O)[O-]. The number of nitrogens with one attached hydrogen (secondary N) is 1. The smallest absolute Gasteiger partial charge is 0.293 e. The molecule has 0 fully saturated rings. The molecule has 0 unspecified atom stereocenters. The van der Waals surface area contributed by atoms with E-state index in [4.69, 9.17) is 4.42 Å². The number of carbonyl (C=O) groups is 2. The predicted molar refractivity (Wildman–Crippen MR) is 106 cm³/mol. The van der Waals surface area contributed by atoms with Crippen LogP contribution in [0.25, 0.3) is 0 Å². The molecule has 0 bridgehead atoms. The third kappa shape index (κ3) is 3.47. The van der Waals surface area contributed by atoms with Gasteiger partial charge in [-0.05, 0) is 61.4 Å². The van der Waals surface area contributed by atoms with Gasteiger partial charge in [0.05, 0.1) is 11.2 Å². The molecule has 2 aromatic carbocycles. The van der Waals surface area contributed by atoms with Gasteiger partial charge in [0, 0.05) is 35.1 Å². The summed E-state index contributed by atoms with van der Waals surface area (Å²) in [7, 11) is 0. The Morgan fingerprint density at radius 3 is 2.69 bits per heavy atom. The van der Waals surface area contributed by atoms with E-state index in [0.717, 1.165) is 11.3 Å². The Balaban J connectivity index is 1.51. The van der Waals surface area contributed by atoms with Crippen LogP contribution in [-0.4, -0.2) is 23.3 Å². The van der Waals surface area contributed by atoms with Gasteiger partial charge in [-0.1, -0.05) is 0 Å². The van der Waals surface area contributed by atoms with Gasteiger partial charge in [-0.25, -0.2) is 0 Å². The number of rotatable bonds is 4. The topological polar surface area (TPSA) is 106 Å². The standard InChI is InChI=1S/C21H17N3O5/c1-13-11-15(4-6-17(13)24(27)28)20(25)22-16-5-7-18-14(12-16)8-9-23(18)21(26)19-3-2-10-29-19/h2-7,10-12H,8-9H2,1H3,(H,22,25). The van der Waals surface area contributed by atoms with Gasteiger partial charge < -0.3 is 14.6 Å². The van der Waals surface area contributed by atoms with Crippen LogP contribution in [0.1, 0.15) is 32.0 Å². The van der Waals surface area contributed by atoms with Crippen LogP contribution in [0.5, 0.6) is 0 Å². The molecule has 0 spiro atoms. The third-order valence-electron chi connectivity index (χ3n) is 4.87. The van der Waals surface area contributed by atoms with Crippen molar-refractivity contribution in [2.75, 3.05) is 16.8 Å². The lowest BCUT2D eigenvalue weighted by Gasteiger charge is -2.16. The molecule has 1 aliphatic heterocycles. The largest absolute Gasteiger partial charge is 0.459 e. The molecular formula is C21H17N3O5. The number of fused-ring (bicyclic) bond motifs is 1. The molecule has 4 rings (SSSR count). The van der Waals surface area contributed by atoms with Gasteiger partial charge in [0.2, 0.25) is 0 Å². The quantitative estimate of drug-likeness (QED) is 0.535. The van der Waals surface area contributed by atoms with E-state index in [1.807, 2.05) is 6.07 Å². The van der Waals surface area contributed by atoms with E-state index in [9.17, 15) is 19.7 Å².